The van der Waals surface area contributed by atoms with Crippen LogP contribution >= 0.6 is 0 Å². The van der Waals surface area contributed by atoms with Crippen LogP contribution in [0.25, 0.3) is 11.4 Å². The van der Waals surface area contributed by atoms with E-state index in [2.05, 4.69) is 25.4 Å². The molecule has 0 aliphatic heterocycles. The van der Waals surface area contributed by atoms with Crippen molar-refractivity contribution in [3.05, 3.63) is 36.4 Å². The number of hydrogen-bond donors (Lipinski definition) is 4. The smallest absolute Gasteiger partial charge is 0.404 e. The van der Waals surface area contributed by atoms with Crippen molar-refractivity contribution in [2.45, 2.75) is 0 Å². The highest BCUT2D eigenvalue weighted by atomic mass is 16.5. The van der Waals surface area contributed by atoms with E-state index in [4.69, 9.17) is 11.6 Å². The van der Waals surface area contributed by atoms with Gasteiger partial charge in [0.25, 0.3) is 0 Å². The van der Waals surface area contributed by atoms with Crippen LogP contribution in [0.5, 0.6) is 0 Å². The Morgan fingerprint density at radius 3 is 2.57 bits per heavy atom. The van der Waals surface area contributed by atoms with Crippen LogP contribution < -0.4 is 22.3 Å². The molecular formula is C13H16N6O2. The van der Waals surface area contributed by atoms with Gasteiger partial charge >= 0.3 is 6.09 Å². The third-order valence-electron chi connectivity index (χ3n) is 2.56. The molecule has 21 heavy (non-hydrogen) atoms. The molecule has 8 nitrogen and oxygen atoms in total. The number of carbonyl (C=O) groups excluding carboxylic acids is 1. The molecule has 6 N–H and O–H groups in total. The normalized spacial score (nSPS) is 9.95. The van der Waals surface area contributed by atoms with Gasteiger partial charge in [0.05, 0.1) is 6.54 Å². The van der Waals surface area contributed by atoms with E-state index >= 15 is 0 Å². The molecule has 0 unspecified atom stereocenters. The maximum atomic E-state index is 10.5. The Bertz CT molecular complexity index is 605. The zero-order valence-corrected chi connectivity index (χ0v) is 11.2. The Balaban J connectivity index is 2.12. The number of rotatable bonds is 6. The second-order valence-electron chi connectivity index (χ2n) is 4.07. The average molecular weight is 288 g/mol. The third-order valence-corrected chi connectivity index (χ3v) is 2.56. The summed E-state index contributed by atoms with van der Waals surface area (Å²) in [6, 6.07) is 11.2. The molecule has 2 rings (SSSR count). The minimum Gasteiger partial charge on any atom is -0.448 e. The number of nitrogen functional groups attached to an aromatic ring is 1. The van der Waals surface area contributed by atoms with Crippen LogP contribution in [0, 0.1) is 0 Å². The zero-order valence-electron chi connectivity index (χ0n) is 11.2. The molecule has 1 aromatic carbocycles. The number of hydrogen-bond acceptors (Lipinski definition) is 7. The lowest BCUT2D eigenvalue weighted by Gasteiger charge is -2.09. The van der Waals surface area contributed by atoms with E-state index in [1.165, 1.54) is 0 Å². The lowest BCUT2D eigenvalue weighted by Crippen LogP contribution is -2.19. The fourth-order valence-electron chi connectivity index (χ4n) is 1.66. The number of amides is 1. The summed E-state index contributed by atoms with van der Waals surface area (Å²) in [7, 11) is 0. The number of anilines is 2. The molecule has 110 valence electrons. The largest absolute Gasteiger partial charge is 0.448 e. The van der Waals surface area contributed by atoms with E-state index < -0.39 is 6.09 Å². The van der Waals surface area contributed by atoms with Crippen LogP contribution in [-0.2, 0) is 4.74 Å². The van der Waals surface area contributed by atoms with Crippen molar-refractivity contribution < 1.29 is 9.53 Å². The number of nitrogens with zero attached hydrogens (tertiary/aromatic N) is 2. The van der Waals surface area contributed by atoms with Gasteiger partial charge in [-0.05, 0) is 0 Å². The van der Waals surface area contributed by atoms with Crippen LogP contribution in [0.1, 0.15) is 0 Å². The monoisotopic (exact) mass is 288 g/mol. The number of aromatic nitrogens is 2. The second-order valence-corrected chi connectivity index (χ2v) is 4.07. The van der Waals surface area contributed by atoms with Crippen molar-refractivity contribution in [2.75, 3.05) is 23.9 Å². The summed E-state index contributed by atoms with van der Waals surface area (Å²) in [5.41, 5.74) is 8.23. The molecule has 1 heterocycles. The zero-order chi connectivity index (χ0) is 15.1. The first-order chi connectivity index (χ1) is 10.2. The minimum absolute atomic E-state index is 0.144. The van der Waals surface area contributed by atoms with Crippen LogP contribution in [0.2, 0.25) is 0 Å². The summed E-state index contributed by atoms with van der Waals surface area (Å²) in [5, 5.41) is 3.01. The van der Waals surface area contributed by atoms with Gasteiger partial charge in [-0.25, -0.2) is 20.6 Å². The molecule has 1 aromatic heterocycles. The van der Waals surface area contributed by atoms with Gasteiger partial charge in [-0.2, -0.15) is 0 Å². The van der Waals surface area contributed by atoms with Gasteiger partial charge in [0.2, 0.25) is 0 Å². The van der Waals surface area contributed by atoms with Gasteiger partial charge in [0, 0.05) is 11.6 Å². The molecule has 0 atom stereocenters. The highest BCUT2D eigenvalue weighted by molar-refractivity contribution is 5.64. The summed E-state index contributed by atoms with van der Waals surface area (Å²) in [5.74, 6) is 6.97. The quantitative estimate of drug-likeness (QED) is 0.353. The third kappa shape index (κ3) is 4.32. The van der Waals surface area contributed by atoms with Gasteiger partial charge in [-0.1, -0.05) is 30.3 Å². The van der Waals surface area contributed by atoms with Gasteiger partial charge in [-0.15, -0.1) is 0 Å². The van der Waals surface area contributed by atoms with Gasteiger partial charge < -0.3 is 21.2 Å². The Morgan fingerprint density at radius 1 is 1.19 bits per heavy atom. The van der Waals surface area contributed by atoms with Crippen LogP contribution in [-0.4, -0.2) is 29.2 Å². The molecule has 0 saturated carbocycles. The number of ether oxygens (including phenoxy) is 1. The Labute approximate surface area is 121 Å². The van der Waals surface area contributed by atoms with E-state index in [0.29, 0.717) is 24.0 Å². The van der Waals surface area contributed by atoms with Crippen LogP contribution in [0.4, 0.5) is 16.4 Å². The first-order valence-electron chi connectivity index (χ1n) is 6.26. The van der Waals surface area contributed by atoms with Crippen LogP contribution in [0.3, 0.4) is 0 Å². The maximum absolute atomic E-state index is 10.5. The molecule has 0 radical (unpaired) electrons. The van der Waals surface area contributed by atoms with Gasteiger partial charge in [0.15, 0.2) is 5.82 Å². The second kappa shape index (κ2) is 7.06. The fraction of sp³-hybridized carbons (Fsp3) is 0.154. The number of primary amides is 1. The highest BCUT2D eigenvalue weighted by Crippen LogP contribution is 2.19. The Hall–Kier alpha value is -2.87. The first kappa shape index (κ1) is 14.5. The molecule has 0 aliphatic carbocycles. The number of carbonyl (C=O) groups is 1. The Morgan fingerprint density at radius 2 is 1.90 bits per heavy atom. The van der Waals surface area contributed by atoms with Gasteiger partial charge in [-0.3, -0.25) is 0 Å². The summed E-state index contributed by atoms with van der Waals surface area (Å²) in [6.07, 6.45) is -0.811. The summed E-state index contributed by atoms with van der Waals surface area (Å²) in [4.78, 5) is 19.1. The fourth-order valence-corrected chi connectivity index (χ4v) is 1.66. The maximum Gasteiger partial charge on any atom is 0.404 e. The molecule has 1 amide bonds. The standard InChI is InChI=1S/C13H16N6O2/c14-13(20)21-7-6-16-10-8-11(19-15)18-12(17-10)9-4-2-1-3-5-9/h1-5,8H,6-7,15H2,(H2,14,20)(H2,16,17,18,19). The predicted octanol–water partition coefficient (Wildman–Crippen LogP) is 0.936. The number of hydrazine groups is 1. The van der Waals surface area contributed by atoms with Crippen molar-refractivity contribution >= 4 is 17.7 Å². The highest BCUT2D eigenvalue weighted by Gasteiger charge is 2.06. The lowest BCUT2D eigenvalue weighted by molar-refractivity contribution is 0.161. The van der Waals surface area contributed by atoms with E-state index in [1.54, 1.807) is 6.07 Å². The van der Waals surface area contributed by atoms with Crippen molar-refractivity contribution in [3.63, 3.8) is 0 Å². The molecule has 0 spiro atoms. The summed E-state index contributed by atoms with van der Waals surface area (Å²) < 4.78 is 4.63. The number of nitrogens with one attached hydrogen (secondary N) is 2. The number of nitrogens with two attached hydrogens (primary N) is 2. The predicted molar refractivity (Wildman–Crippen MR) is 79.3 cm³/mol. The SMILES string of the molecule is NNc1cc(NCCOC(N)=O)nc(-c2ccccc2)n1. The van der Waals surface area contributed by atoms with E-state index in [1.807, 2.05) is 30.3 Å². The first-order valence-corrected chi connectivity index (χ1v) is 6.26. The molecule has 0 bridgehead atoms. The average Bonchev–Trinajstić information content (AvgIpc) is 2.52. The van der Waals surface area contributed by atoms with E-state index in [9.17, 15) is 4.79 Å². The Kier molecular flexibility index (Phi) is 4.89. The number of benzene rings is 1. The topological polar surface area (TPSA) is 128 Å². The summed E-state index contributed by atoms with van der Waals surface area (Å²) >= 11 is 0. The van der Waals surface area contributed by atoms with E-state index in [-0.39, 0.29) is 6.61 Å². The molecule has 8 heteroatoms. The van der Waals surface area contributed by atoms with Crippen molar-refractivity contribution in [2.24, 2.45) is 11.6 Å². The van der Waals surface area contributed by atoms with Crippen molar-refractivity contribution in [3.8, 4) is 11.4 Å². The van der Waals surface area contributed by atoms with Crippen molar-refractivity contribution in [1.29, 1.82) is 0 Å². The molecule has 0 saturated heterocycles. The molecular weight excluding hydrogens is 272 g/mol. The molecule has 0 aliphatic rings. The van der Waals surface area contributed by atoms with E-state index in [0.717, 1.165) is 5.56 Å². The van der Waals surface area contributed by atoms with Gasteiger partial charge in [0.1, 0.15) is 18.2 Å². The lowest BCUT2D eigenvalue weighted by atomic mass is 10.2. The summed E-state index contributed by atoms with van der Waals surface area (Å²) in [6.45, 7) is 0.517. The molecule has 2 aromatic rings. The van der Waals surface area contributed by atoms with Crippen molar-refractivity contribution in [1.82, 2.24) is 9.97 Å². The van der Waals surface area contributed by atoms with Crippen LogP contribution in [0.15, 0.2) is 36.4 Å². The minimum atomic E-state index is -0.811. The molecule has 0 fully saturated rings.